The summed E-state index contributed by atoms with van der Waals surface area (Å²) in [6.07, 6.45) is 5.82. The summed E-state index contributed by atoms with van der Waals surface area (Å²) < 4.78 is 0.905. The van der Waals surface area contributed by atoms with Gasteiger partial charge in [0.05, 0.1) is 0 Å². The lowest BCUT2D eigenvalue weighted by molar-refractivity contribution is 0.383. The zero-order chi connectivity index (χ0) is 11.2. The van der Waals surface area contributed by atoms with Crippen molar-refractivity contribution in [2.45, 2.75) is 31.8 Å². The molecule has 0 aromatic carbocycles. The lowest BCUT2D eigenvalue weighted by Crippen LogP contribution is -2.41. The van der Waals surface area contributed by atoms with Gasteiger partial charge in [-0.25, -0.2) is 4.98 Å². The van der Waals surface area contributed by atoms with Crippen molar-refractivity contribution in [1.29, 1.82) is 0 Å². The third kappa shape index (κ3) is 5.34. The van der Waals surface area contributed by atoms with Crippen LogP contribution < -0.4 is 10.6 Å². The molecule has 2 heterocycles. The van der Waals surface area contributed by atoms with Gasteiger partial charge in [0.1, 0.15) is 4.60 Å². The summed E-state index contributed by atoms with van der Waals surface area (Å²) in [6.45, 7) is 3.15. The number of rotatable bonds is 4. The first-order chi connectivity index (χ1) is 7.84. The number of aromatic nitrogens is 1. The van der Waals surface area contributed by atoms with Gasteiger partial charge in [-0.15, -0.1) is 12.4 Å². The maximum atomic E-state index is 4.11. The molecule has 1 fully saturated rings. The molecule has 96 valence electrons. The predicted octanol–water partition coefficient (Wildman–Crippen LogP) is 2.50. The van der Waals surface area contributed by atoms with Crippen LogP contribution in [-0.4, -0.2) is 24.1 Å². The van der Waals surface area contributed by atoms with Crippen LogP contribution in [0.1, 0.15) is 24.8 Å². The summed E-state index contributed by atoms with van der Waals surface area (Å²) in [6, 6.07) is 4.76. The molecule has 1 unspecified atom stereocenters. The Balaban J connectivity index is 0.00000144. The number of nitrogens with one attached hydrogen (secondary N) is 2. The smallest absolute Gasteiger partial charge is 0.106 e. The third-order valence-electron chi connectivity index (χ3n) is 2.92. The Hall–Kier alpha value is -0.160. The summed E-state index contributed by atoms with van der Waals surface area (Å²) in [4.78, 5) is 4.11. The molecule has 2 N–H and O–H groups in total. The van der Waals surface area contributed by atoms with Crippen LogP contribution in [0.15, 0.2) is 22.9 Å². The Morgan fingerprint density at radius 1 is 1.47 bits per heavy atom. The minimum Gasteiger partial charge on any atom is -0.313 e. The largest absolute Gasteiger partial charge is 0.313 e. The fourth-order valence-electron chi connectivity index (χ4n) is 2.04. The van der Waals surface area contributed by atoms with Crippen LogP contribution >= 0.6 is 28.3 Å². The normalized spacial score (nSPS) is 19.7. The molecule has 1 aliphatic rings. The van der Waals surface area contributed by atoms with Crippen LogP contribution in [0.2, 0.25) is 0 Å². The first-order valence-corrected chi connectivity index (χ1v) is 6.68. The molecule has 1 saturated heterocycles. The van der Waals surface area contributed by atoms with Gasteiger partial charge in [-0.2, -0.15) is 0 Å². The van der Waals surface area contributed by atoms with Gasteiger partial charge in [0, 0.05) is 25.3 Å². The molecule has 1 aromatic heterocycles. The molecule has 1 aliphatic heterocycles. The molecule has 1 aromatic rings. The van der Waals surface area contributed by atoms with E-state index in [9.17, 15) is 0 Å². The van der Waals surface area contributed by atoms with E-state index >= 15 is 0 Å². The van der Waals surface area contributed by atoms with Gasteiger partial charge >= 0.3 is 0 Å². The molecule has 0 amide bonds. The summed E-state index contributed by atoms with van der Waals surface area (Å²) >= 11 is 3.38. The van der Waals surface area contributed by atoms with Crippen LogP contribution in [0, 0.1) is 0 Å². The molecule has 2 rings (SSSR count). The lowest BCUT2D eigenvalue weighted by Gasteiger charge is -2.23. The molecule has 3 nitrogen and oxygen atoms in total. The fourth-order valence-corrected chi connectivity index (χ4v) is 2.45. The van der Waals surface area contributed by atoms with Crippen molar-refractivity contribution in [2.24, 2.45) is 0 Å². The highest BCUT2D eigenvalue weighted by Crippen LogP contribution is 2.08. The zero-order valence-electron chi connectivity index (χ0n) is 9.79. The first kappa shape index (κ1) is 14.9. The van der Waals surface area contributed by atoms with Crippen LogP contribution in [0.5, 0.6) is 0 Å². The van der Waals surface area contributed by atoms with E-state index in [0.29, 0.717) is 6.04 Å². The first-order valence-electron chi connectivity index (χ1n) is 5.89. The van der Waals surface area contributed by atoms with Crippen molar-refractivity contribution in [3.05, 3.63) is 28.5 Å². The van der Waals surface area contributed by atoms with Crippen LogP contribution in [0.4, 0.5) is 0 Å². The molecule has 0 radical (unpaired) electrons. The van der Waals surface area contributed by atoms with E-state index in [-0.39, 0.29) is 12.4 Å². The summed E-state index contributed by atoms with van der Waals surface area (Å²) in [5.41, 5.74) is 1.28. The molecule has 0 spiro atoms. The number of hydrogen-bond acceptors (Lipinski definition) is 3. The standard InChI is InChI=1S/C12H18BrN3.ClH/c13-12-7-10(4-6-16-12)8-14-9-11-3-1-2-5-15-11;/h4,6-7,11,14-15H,1-3,5,8-9H2;1H. The number of nitrogens with zero attached hydrogens (tertiary/aromatic N) is 1. The number of pyridine rings is 1. The topological polar surface area (TPSA) is 37.0 Å². The highest BCUT2D eigenvalue weighted by molar-refractivity contribution is 9.10. The predicted molar refractivity (Wildman–Crippen MR) is 76.5 cm³/mol. The van der Waals surface area contributed by atoms with Crippen molar-refractivity contribution >= 4 is 28.3 Å². The number of piperidine rings is 1. The van der Waals surface area contributed by atoms with Gasteiger partial charge in [0.25, 0.3) is 0 Å². The van der Waals surface area contributed by atoms with Crippen molar-refractivity contribution in [3.63, 3.8) is 0 Å². The molecule has 0 bridgehead atoms. The number of halogens is 2. The van der Waals surface area contributed by atoms with Gasteiger partial charge in [0.15, 0.2) is 0 Å². The van der Waals surface area contributed by atoms with Gasteiger partial charge < -0.3 is 10.6 Å². The van der Waals surface area contributed by atoms with Crippen LogP contribution in [0.25, 0.3) is 0 Å². The Labute approximate surface area is 117 Å². The van der Waals surface area contributed by atoms with Crippen molar-refractivity contribution < 1.29 is 0 Å². The Morgan fingerprint density at radius 3 is 3.06 bits per heavy atom. The fraction of sp³-hybridized carbons (Fsp3) is 0.583. The van der Waals surface area contributed by atoms with Crippen molar-refractivity contribution in [3.8, 4) is 0 Å². The summed E-state index contributed by atoms with van der Waals surface area (Å²) in [7, 11) is 0. The Kier molecular flexibility index (Phi) is 7.04. The lowest BCUT2D eigenvalue weighted by atomic mass is 10.1. The summed E-state index contributed by atoms with van der Waals surface area (Å²) in [5.74, 6) is 0. The minimum atomic E-state index is 0. The highest BCUT2D eigenvalue weighted by atomic mass is 79.9. The molecule has 1 atom stereocenters. The van der Waals surface area contributed by atoms with Crippen molar-refractivity contribution in [1.82, 2.24) is 15.6 Å². The second-order valence-electron chi connectivity index (χ2n) is 4.26. The maximum Gasteiger partial charge on any atom is 0.106 e. The third-order valence-corrected chi connectivity index (χ3v) is 3.36. The van der Waals surface area contributed by atoms with Gasteiger partial charge in [-0.3, -0.25) is 0 Å². The Bertz CT molecular complexity index is 329. The van der Waals surface area contributed by atoms with Crippen LogP contribution in [0.3, 0.4) is 0 Å². The van der Waals surface area contributed by atoms with Gasteiger partial charge in [0.2, 0.25) is 0 Å². The monoisotopic (exact) mass is 319 g/mol. The van der Waals surface area contributed by atoms with E-state index in [1.54, 1.807) is 0 Å². The van der Waals surface area contributed by atoms with E-state index in [1.807, 2.05) is 12.3 Å². The number of hydrogen-bond donors (Lipinski definition) is 2. The minimum absolute atomic E-state index is 0. The van der Waals surface area contributed by atoms with E-state index in [4.69, 9.17) is 0 Å². The molecule has 0 saturated carbocycles. The molecule has 17 heavy (non-hydrogen) atoms. The second kappa shape index (κ2) is 8.03. The molecule has 5 heteroatoms. The highest BCUT2D eigenvalue weighted by Gasteiger charge is 2.11. The SMILES string of the molecule is Brc1cc(CNCC2CCCCN2)ccn1.Cl. The maximum absolute atomic E-state index is 4.11. The molecule has 0 aliphatic carbocycles. The average molecular weight is 321 g/mol. The van der Waals surface area contributed by atoms with E-state index in [1.165, 1.54) is 31.4 Å². The molecular formula is C12H19BrClN3. The Morgan fingerprint density at radius 2 is 2.35 bits per heavy atom. The van der Waals surface area contributed by atoms with Gasteiger partial charge in [-0.05, 0) is 53.0 Å². The van der Waals surface area contributed by atoms with Gasteiger partial charge in [-0.1, -0.05) is 6.42 Å². The molecular weight excluding hydrogens is 302 g/mol. The van der Waals surface area contributed by atoms with E-state index in [2.05, 4.69) is 37.6 Å². The van der Waals surface area contributed by atoms with Crippen LogP contribution in [-0.2, 0) is 6.54 Å². The van der Waals surface area contributed by atoms with E-state index in [0.717, 1.165) is 17.7 Å². The quantitative estimate of drug-likeness (QED) is 0.837. The van der Waals surface area contributed by atoms with E-state index < -0.39 is 0 Å². The van der Waals surface area contributed by atoms with Crippen molar-refractivity contribution in [2.75, 3.05) is 13.1 Å². The average Bonchev–Trinajstić information content (AvgIpc) is 2.30. The second-order valence-corrected chi connectivity index (χ2v) is 5.08. The zero-order valence-corrected chi connectivity index (χ0v) is 12.2. The summed E-state index contributed by atoms with van der Waals surface area (Å²) in [5, 5.41) is 7.02.